The van der Waals surface area contributed by atoms with E-state index in [1.54, 1.807) is 12.3 Å². The third-order valence-electron chi connectivity index (χ3n) is 1.71. The van der Waals surface area contributed by atoms with Gasteiger partial charge < -0.3 is 4.74 Å². The number of methoxy groups -OCH3 is 1. The number of pyridine rings is 1. The Kier molecular flexibility index (Phi) is 2.55. The average Bonchev–Trinajstić information content (AvgIpc) is 2.65. The van der Waals surface area contributed by atoms with Crippen LogP contribution in [0.25, 0.3) is 11.4 Å². The third-order valence-corrected chi connectivity index (χ3v) is 2.14. The molecule has 0 unspecified atom stereocenters. The van der Waals surface area contributed by atoms with Gasteiger partial charge in [0.05, 0.1) is 12.7 Å². The fourth-order valence-corrected chi connectivity index (χ4v) is 1.44. The Morgan fingerprint density at radius 2 is 2.40 bits per heavy atom. The van der Waals surface area contributed by atoms with E-state index in [0.717, 1.165) is 4.47 Å². The van der Waals surface area contributed by atoms with Crippen molar-refractivity contribution < 1.29 is 9.26 Å². The zero-order chi connectivity index (χ0) is 10.8. The van der Waals surface area contributed by atoms with E-state index in [9.17, 15) is 4.79 Å². The molecule has 0 aliphatic carbocycles. The second-order valence-corrected chi connectivity index (χ2v) is 3.57. The van der Waals surface area contributed by atoms with Crippen LogP contribution < -0.4 is 10.5 Å². The Bertz CT molecular complexity index is 534. The summed E-state index contributed by atoms with van der Waals surface area (Å²) in [6, 6.07) is 1.72. The number of hydrogen-bond acceptors (Lipinski definition) is 5. The highest BCUT2D eigenvalue weighted by molar-refractivity contribution is 9.10. The van der Waals surface area contributed by atoms with Crippen molar-refractivity contribution in [2.75, 3.05) is 7.11 Å². The number of hydrogen-bond donors (Lipinski definition) is 1. The first-order chi connectivity index (χ1) is 7.20. The third kappa shape index (κ3) is 1.91. The lowest BCUT2D eigenvalue weighted by Crippen LogP contribution is -1.97. The van der Waals surface area contributed by atoms with Crippen LogP contribution in [-0.2, 0) is 0 Å². The van der Waals surface area contributed by atoms with Crippen molar-refractivity contribution in [3.05, 3.63) is 27.3 Å². The van der Waals surface area contributed by atoms with Crippen molar-refractivity contribution in [3.63, 3.8) is 0 Å². The van der Waals surface area contributed by atoms with E-state index in [0.29, 0.717) is 11.4 Å². The van der Waals surface area contributed by atoms with Gasteiger partial charge in [-0.25, -0.2) is 9.78 Å². The summed E-state index contributed by atoms with van der Waals surface area (Å²) in [5, 5.41) is 3.55. The molecule has 0 spiro atoms. The zero-order valence-electron chi connectivity index (χ0n) is 7.65. The molecule has 0 radical (unpaired) electrons. The van der Waals surface area contributed by atoms with Crippen LogP contribution in [0.2, 0.25) is 0 Å². The largest absolute Gasteiger partial charge is 0.480 e. The summed E-state index contributed by atoms with van der Waals surface area (Å²) in [6.07, 6.45) is 1.58. The topological polar surface area (TPSA) is 81.0 Å². The Morgan fingerprint density at radius 3 is 3.00 bits per heavy atom. The van der Waals surface area contributed by atoms with Gasteiger partial charge in [0, 0.05) is 10.7 Å². The standard InChI is InChI=1S/C8H6BrN3O3/c1-14-7-5(2-4(9)3-10-7)6-11-8(13)15-12-6/h2-3H,1H3,(H,11,12,13). The molecule has 2 aromatic rings. The summed E-state index contributed by atoms with van der Waals surface area (Å²) in [5.41, 5.74) is 0.553. The van der Waals surface area contributed by atoms with Crippen molar-refractivity contribution >= 4 is 15.9 Å². The van der Waals surface area contributed by atoms with E-state index in [1.165, 1.54) is 7.11 Å². The molecule has 0 aliphatic heterocycles. The maximum Gasteiger partial charge on any atom is 0.439 e. The quantitative estimate of drug-likeness (QED) is 0.888. The molecule has 7 heteroatoms. The van der Waals surface area contributed by atoms with Gasteiger partial charge in [-0.15, -0.1) is 0 Å². The number of halogens is 1. The van der Waals surface area contributed by atoms with E-state index in [4.69, 9.17) is 4.74 Å². The predicted molar refractivity (Wildman–Crippen MR) is 54.6 cm³/mol. The van der Waals surface area contributed by atoms with Crippen LogP contribution in [0.4, 0.5) is 0 Å². The fourth-order valence-electron chi connectivity index (χ4n) is 1.10. The molecule has 0 aromatic carbocycles. The smallest absolute Gasteiger partial charge is 0.439 e. The Morgan fingerprint density at radius 1 is 1.60 bits per heavy atom. The van der Waals surface area contributed by atoms with E-state index >= 15 is 0 Å². The van der Waals surface area contributed by atoms with Crippen LogP contribution in [0.3, 0.4) is 0 Å². The first-order valence-corrected chi connectivity index (χ1v) is 4.76. The molecule has 2 heterocycles. The highest BCUT2D eigenvalue weighted by Crippen LogP contribution is 2.27. The van der Waals surface area contributed by atoms with Crippen molar-refractivity contribution in [1.82, 2.24) is 15.1 Å². The molecule has 0 aliphatic rings. The molecule has 1 N–H and O–H groups in total. The normalized spacial score (nSPS) is 10.3. The van der Waals surface area contributed by atoms with Crippen LogP contribution in [-0.4, -0.2) is 22.2 Å². The van der Waals surface area contributed by atoms with Crippen LogP contribution in [0.15, 0.2) is 26.1 Å². The zero-order valence-corrected chi connectivity index (χ0v) is 9.24. The molecule has 2 rings (SSSR count). The number of H-pyrrole nitrogens is 1. The number of aromatic nitrogens is 3. The van der Waals surface area contributed by atoms with Crippen LogP contribution >= 0.6 is 15.9 Å². The molecule has 2 aromatic heterocycles. The van der Waals surface area contributed by atoms with Gasteiger partial charge in [-0.05, 0) is 22.0 Å². The maximum absolute atomic E-state index is 10.8. The minimum atomic E-state index is -0.618. The SMILES string of the molecule is COc1ncc(Br)cc1-c1noc(=O)[nH]1. The van der Waals surface area contributed by atoms with E-state index < -0.39 is 5.76 Å². The summed E-state index contributed by atoms with van der Waals surface area (Å²) < 4.78 is 10.2. The summed E-state index contributed by atoms with van der Waals surface area (Å²) in [7, 11) is 1.48. The van der Waals surface area contributed by atoms with Gasteiger partial charge in [-0.1, -0.05) is 5.16 Å². The highest BCUT2D eigenvalue weighted by atomic mass is 79.9. The Labute approximate surface area is 92.4 Å². The molecular formula is C8H6BrN3O3. The van der Waals surface area contributed by atoms with Crippen molar-refractivity contribution in [1.29, 1.82) is 0 Å². The second-order valence-electron chi connectivity index (χ2n) is 2.65. The number of aromatic amines is 1. The van der Waals surface area contributed by atoms with Gasteiger partial charge in [-0.3, -0.25) is 9.51 Å². The second kappa shape index (κ2) is 3.85. The van der Waals surface area contributed by atoms with E-state index in [1.807, 2.05) is 0 Å². The average molecular weight is 272 g/mol. The van der Waals surface area contributed by atoms with Crippen LogP contribution in [0, 0.1) is 0 Å². The van der Waals surface area contributed by atoms with Crippen LogP contribution in [0.5, 0.6) is 5.88 Å². The lowest BCUT2D eigenvalue weighted by Gasteiger charge is -2.03. The Balaban J connectivity index is 2.59. The summed E-state index contributed by atoms with van der Waals surface area (Å²) in [4.78, 5) is 17.2. The first-order valence-electron chi connectivity index (χ1n) is 3.96. The van der Waals surface area contributed by atoms with Crippen LogP contribution in [0.1, 0.15) is 0 Å². The molecule has 0 bridgehead atoms. The number of ether oxygens (including phenoxy) is 1. The number of rotatable bonds is 2. The van der Waals surface area contributed by atoms with E-state index in [2.05, 4.69) is 35.6 Å². The van der Waals surface area contributed by atoms with Crippen molar-refractivity contribution in [3.8, 4) is 17.3 Å². The molecular weight excluding hydrogens is 266 g/mol. The van der Waals surface area contributed by atoms with Gasteiger partial charge in [0.25, 0.3) is 0 Å². The highest BCUT2D eigenvalue weighted by Gasteiger charge is 2.12. The first kappa shape index (κ1) is 9.91. The maximum atomic E-state index is 10.8. The van der Waals surface area contributed by atoms with Gasteiger partial charge in [0.1, 0.15) is 0 Å². The molecule has 0 fully saturated rings. The van der Waals surface area contributed by atoms with Crippen molar-refractivity contribution in [2.24, 2.45) is 0 Å². The van der Waals surface area contributed by atoms with Crippen molar-refractivity contribution in [2.45, 2.75) is 0 Å². The molecule has 0 amide bonds. The minimum Gasteiger partial charge on any atom is -0.480 e. The predicted octanol–water partition coefficient (Wildman–Crippen LogP) is 1.20. The van der Waals surface area contributed by atoms with Gasteiger partial charge >= 0.3 is 5.76 Å². The molecule has 15 heavy (non-hydrogen) atoms. The van der Waals surface area contributed by atoms with E-state index in [-0.39, 0.29) is 5.82 Å². The molecule has 0 saturated heterocycles. The van der Waals surface area contributed by atoms with Gasteiger partial charge in [0.15, 0.2) is 5.82 Å². The lowest BCUT2D eigenvalue weighted by molar-refractivity contribution is 0.385. The summed E-state index contributed by atoms with van der Waals surface area (Å²) in [5.74, 6) is 0.0282. The number of nitrogens with one attached hydrogen (secondary N) is 1. The molecule has 78 valence electrons. The van der Waals surface area contributed by atoms with Gasteiger partial charge in [-0.2, -0.15) is 0 Å². The molecule has 0 atom stereocenters. The fraction of sp³-hybridized carbons (Fsp3) is 0.125. The minimum absolute atomic E-state index is 0.283. The Hall–Kier alpha value is -1.63. The van der Waals surface area contributed by atoms with Gasteiger partial charge in [0.2, 0.25) is 5.88 Å². The molecule has 0 saturated carbocycles. The number of nitrogens with zero attached hydrogens (tertiary/aromatic N) is 2. The lowest BCUT2D eigenvalue weighted by atomic mass is 10.2. The monoisotopic (exact) mass is 271 g/mol. The summed E-state index contributed by atoms with van der Waals surface area (Å²) in [6.45, 7) is 0. The summed E-state index contributed by atoms with van der Waals surface area (Å²) >= 11 is 3.26. The molecule has 6 nitrogen and oxygen atoms in total.